The van der Waals surface area contributed by atoms with Crippen molar-refractivity contribution in [3.05, 3.63) is 29.3 Å². The van der Waals surface area contributed by atoms with E-state index in [1.54, 1.807) is 0 Å². The Labute approximate surface area is 116 Å². The number of nitrogens with one attached hydrogen (secondary N) is 2. The lowest BCUT2D eigenvalue weighted by atomic mass is 10.4. The van der Waals surface area contributed by atoms with E-state index in [-0.39, 0.29) is 29.8 Å². The van der Waals surface area contributed by atoms with Gasteiger partial charge in [-0.15, -0.1) is 11.6 Å². The highest BCUT2D eigenvalue weighted by atomic mass is 35.5. The molecule has 0 atom stereocenters. The second-order valence-electron chi connectivity index (χ2n) is 3.34. The monoisotopic (exact) mass is 310 g/mol. The first-order valence-corrected chi connectivity index (χ1v) is 7.43. The summed E-state index contributed by atoms with van der Waals surface area (Å²) in [6.45, 7) is 0.270. The summed E-state index contributed by atoms with van der Waals surface area (Å²) in [5.74, 6) is -0.494. The number of hydrogen-bond donors (Lipinski definition) is 2. The van der Waals surface area contributed by atoms with Gasteiger partial charge >= 0.3 is 0 Å². The van der Waals surface area contributed by atoms with E-state index in [4.69, 9.17) is 23.2 Å². The Bertz CT molecular complexity index is 502. The number of halogens is 2. The van der Waals surface area contributed by atoms with E-state index in [9.17, 15) is 13.2 Å². The van der Waals surface area contributed by atoms with Crippen molar-refractivity contribution in [3.63, 3.8) is 0 Å². The Morgan fingerprint density at radius 2 is 1.78 bits per heavy atom. The molecule has 0 bridgehead atoms. The topological polar surface area (TPSA) is 75.3 Å². The lowest BCUT2D eigenvalue weighted by molar-refractivity contribution is -0.118. The molecule has 0 aliphatic carbocycles. The summed E-state index contributed by atoms with van der Waals surface area (Å²) in [5, 5.41) is 2.91. The van der Waals surface area contributed by atoms with E-state index < -0.39 is 10.0 Å². The van der Waals surface area contributed by atoms with E-state index in [2.05, 4.69) is 10.0 Å². The fraction of sp³-hybridized carbons (Fsp3) is 0.300. The number of amides is 1. The van der Waals surface area contributed by atoms with Crippen molar-refractivity contribution in [3.8, 4) is 0 Å². The summed E-state index contributed by atoms with van der Waals surface area (Å²) in [4.78, 5) is 10.9. The minimum atomic E-state index is -3.57. The molecule has 0 radical (unpaired) electrons. The van der Waals surface area contributed by atoms with Crippen LogP contribution in [0.5, 0.6) is 0 Å². The third-order valence-corrected chi connectivity index (χ3v) is 3.96. The van der Waals surface area contributed by atoms with Gasteiger partial charge in [0.25, 0.3) is 0 Å². The van der Waals surface area contributed by atoms with E-state index in [1.807, 2.05) is 0 Å². The van der Waals surface area contributed by atoms with Crippen molar-refractivity contribution >= 4 is 39.1 Å². The number of carbonyl (C=O) groups excluding carboxylic acids is 1. The van der Waals surface area contributed by atoms with Crippen LogP contribution in [-0.4, -0.2) is 33.3 Å². The Kier molecular flexibility index (Phi) is 5.87. The van der Waals surface area contributed by atoms with Crippen LogP contribution in [0.15, 0.2) is 29.2 Å². The fourth-order valence-corrected chi connectivity index (χ4v) is 2.38. The molecule has 100 valence electrons. The second-order valence-corrected chi connectivity index (χ2v) is 5.81. The first-order valence-electron chi connectivity index (χ1n) is 5.03. The van der Waals surface area contributed by atoms with Crippen LogP contribution in [0.4, 0.5) is 0 Å². The Morgan fingerprint density at radius 1 is 1.17 bits per heavy atom. The molecule has 0 heterocycles. The Balaban J connectivity index is 2.50. The molecule has 0 aromatic heterocycles. The van der Waals surface area contributed by atoms with Crippen LogP contribution < -0.4 is 10.0 Å². The molecule has 1 rings (SSSR count). The first-order chi connectivity index (χ1) is 8.45. The SMILES string of the molecule is O=C(CCl)NCCNS(=O)(=O)c1ccc(Cl)cc1. The lowest BCUT2D eigenvalue weighted by Crippen LogP contribution is -2.35. The molecule has 0 saturated carbocycles. The van der Waals surface area contributed by atoms with Gasteiger partial charge in [-0.25, -0.2) is 13.1 Å². The highest BCUT2D eigenvalue weighted by Crippen LogP contribution is 2.13. The van der Waals surface area contributed by atoms with E-state index in [1.165, 1.54) is 24.3 Å². The van der Waals surface area contributed by atoms with Gasteiger partial charge in [0.2, 0.25) is 15.9 Å². The molecular formula is C10H12Cl2N2O3S. The number of carbonyl (C=O) groups is 1. The number of benzene rings is 1. The molecule has 8 heteroatoms. The molecular weight excluding hydrogens is 299 g/mol. The van der Waals surface area contributed by atoms with Gasteiger partial charge in [0.1, 0.15) is 5.88 Å². The molecule has 18 heavy (non-hydrogen) atoms. The zero-order valence-corrected chi connectivity index (χ0v) is 11.6. The minimum absolute atomic E-state index is 0.0909. The largest absolute Gasteiger partial charge is 0.354 e. The Hall–Kier alpha value is -0.820. The zero-order chi connectivity index (χ0) is 13.6. The molecule has 1 aromatic rings. The molecule has 0 unspecified atom stereocenters. The standard InChI is InChI=1S/C10H12Cl2N2O3S/c11-7-10(15)13-5-6-14-18(16,17)9-3-1-8(12)2-4-9/h1-4,14H,5-7H2,(H,13,15). The van der Waals surface area contributed by atoms with Gasteiger partial charge in [0, 0.05) is 18.1 Å². The van der Waals surface area contributed by atoms with Crippen LogP contribution in [0.1, 0.15) is 0 Å². The average Bonchev–Trinajstić information content (AvgIpc) is 2.35. The average molecular weight is 311 g/mol. The number of rotatable bonds is 6. The van der Waals surface area contributed by atoms with Crippen molar-refractivity contribution < 1.29 is 13.2 Å². The quantitative estimate of drug-likeness (QED) is 0.607. The minimum Gasteiger partial charge on any atom is -0.354 e. The number of sulfonamides is 1. The molecule has 0 spiro atoms. The maximum absolute atomic E-state index is 11.8. The third-order valence-electron chi connectivity index (χ3n) is 1.98. The highest BCUT2D eigenvalue weighted by molar-refractivity contribution is 7.89. The van der Waals surface area contributed by atoms with E-state index in [0.29, 0.717) is 5.02 Å². The maximum Gasteiger partial charge on any atom is 0.240 e. The predicted octanol–water partition coefficient (Wildman–Crippen LogP) is 0.973. The molecule has 0 saturated heterocycles. The lowest BCUT2D eigenvalue weighted by Gasteiger charge is -2.07. The highest BCUT2D eigenvalue weighted by Gasteiger charge is 2.12. The maximum atomic E-state index is 11.8. The van der Waals surface area contributed by atoms with Crippen LogP contribution in [0.25, 0.3) is 0 Å². The molecule has 5 nitrogen and oxygen atoms in total. The van der Waals surface area contributed by atoms with Crippen LogP contribution in [0.3, 0.4) is 0 Å². The third kappa shape index (κ3) is 4.81. The first kappa shape index (κ1) is 15.2. The summed E-state index contributed by atoms with van der Waals surface area (Å²) in [5.41, 5.74) is 0. The number of alkyl halides is 1. The van der Waals surface area contributed by atoms with E-state index >= 15 is 0 Å². The van der Waals surface area contributed by atoms with Gasteiger partial charge in [0.05, 0.1) is 4.90 Å². The number of hydrogen-bond acceptors (Lipinski definition) is 3. The summed E-state index contributed by atoms with van der Waals surface area (Å²) in [6.07, 6.45) is 0. The molecule has 0 fully saturated rings. The fourth-order valence-electron chi connectivity index (χ4n) is 1.13. The molecule has 2 N–H and O–H groups in total. The summed E-state index contributed by atoms with van der Waals surface area (Å²) < 4.78 is 25.9. The normalized spacial score (nSPS) is 11.2. The van der Waals surface area contributed by atoms with Crippen molar-refractivity contribution in [1.82, 2.24) is 10.0 Å². The van der Waals surface area contributed by atoms with Crippen molar-refractivity contribution in [2.24, 2.45) is 0 Å². The van der Waals surface area contributed by atoms with Crippen molar-refractivity contribution in [2.45, 2.75) is 4.90 Å². The zero-order valence-electron chi connectivity index (χ0n) is 9.32. The van der Waals surface area contributed by atoms with Crippen LogP contribution in [0.2, 0.25) is 5.02 Å². The van der Waals surface area contributed by atoms with Crippen molar-refractivity contribution in [2.75, 3.05) is 19.0 Å². The van der Waals surface area contributed by atoms with Crippen LogP contribution in [-0.2, 0) is 14.8 Å². The Morgan fingerprint density at radius 3 is 2.33 bits per heavy atom. The van der Waals surface area contributed by atoms with Crippen LogP contribution in [0, 0.1) is 0 Å². The molecule has 0 aliphatic rings. The van der Waals surface area contributed by atoms with Gasteiger partial charge in [-0.1, -0.05) is 11.6 Å². The van der Waals surface area contributed by atoms with E-state index in [0.717, 1.165) is 0 Å². The van der Waals surface area contributed by atoms with Gasteiger partial charge in [-0.3, -0.25) is 4.79 Å². The van der Waals surface area contributed by atoms with Gasteiger partial charge < -0.3 is 5.32 Å². The van der Waals surface area contributed by atoms with Crippen molar-refractivity contribution in [1.29, 1.82) is 0 Å². The molecule has 1 amide bonds. The molecule has 1 aromatic carbocycles. The van der Waals surface area contributed by atoms with Crippen LogP contribution >= 0.6 is 23.2 Å². The predicted molar refractivity (Wildman–Crippen MR) is 70.4 cm³/mol. The smallest absolute Gasteiger partial charge is 0.240 e. The summed E-state index contributed by atoms with van der Waals surface area (Å²) in [7, 11) is -3.57. The van der Waals surface area contributed by atoms with Gasteiger partial charge in [-0.05, 0) is 24.3 Å². The van der Waals surface area contributed by atoms with Gasteiger partial charge in [0.15, 0.2) is 0 Å². The molecule has 0 aliphatic heterocycles. The van der Waals surface area contributed by atoms with Gasteiger partial charge in [-0.2, -0.15) is 0 Å². The summed E-state index contributed by atoms with van der Waals surface area (Å²) >= 11 is 10.9. The summed E-state index contributed by atoms with van der Waals surface area (Å²) in [6, 6.07) is 5.79. The second kappa shape index (κ2) is 6.94.